The second-order valence-corrected chi connectivity index (χ2v) is 15.7. The fraction of sp³-hybridized carbons (Fsp3) is 0.167. The summed E-state index contributed by atoms with van der Waals surface area (Å²) in [6.07, 6.45) is 0.504. The van der Waals surface area contributed by atoms with Crippen molar-refractivity contribution >= 4 is 85.7 Å². The zero-order valence-corrected chi connectivity index (χ0v) is 38.6. The number of rotatable bonds is 19. The summed E-state index contributed by atoms with van der Waals surface area (Å²) < 4.78 is 34.6. The van der Waals surface area contributed by atoms with E-state index in [1.807, 2.05) is 0 Å². The second-order valence-electron chi connectivity index (χ2n) is 13.7. The third-order valence-electron chi connectivity index (χ3n) is 9.20. The number of nitrogens with one attached hydrogen (secondary N) is 3. The molecule has 330 valence electrons. The number of hydrogen-bond donors (Lipinski definition) is 5. The van der Waals surface area contributed by atoms with Crippen molar-refractivity contribution in [2.45, 2.75) is 26.2 Å². The number of carbonyl (C=O) groups excluding carboxylic acids is 1. The molecule has 21 nitrogen and oxygen atoms in total. The van der Waals surface area contributed by atoms with Gasteiger partial charge in [0.2, 0.25) is 17.8 Å². The van der Waals surface area contributed by atoms with Crippen LogP contribution < -0.4 is 50.4 Å². The van der Waals surface area contributed by atoms with Crippen LogP contribution in [0.3, 0.4) is 0 Å². The molecule has 0 aliphatic heterocycles. The molecule has 0 aliphatic rings. The van der Waals surface area contributed by atoms with Gasteiger partial charge in [0.05, 0.1) is 55.8 Å². The van der Waals surface area contributed by atoms with Crippen molar-refractivity contribution in [1.82, 2.24) is 24.7 Å². The molecule has 5 N–H and O–H groups in total. The Labute approximate surface area is 403 Å². The average Bonchev–Trinajstić information content (AvgIpc) is 3.63. The third-order valence-corrected chi connectivity index (χ3v) is 10.3. The molecule has 24 heteroatoms. The van der Waals surface area contributed by atoms with E-state index in [1.165, 1.54) is 49.4 Å². The number of aromatic nitrogens is 5. The predicted molar refractivity (Wildman–Crippen MR) is 237 cm³/mol. The molecule has 1 amide bonds. The third kappa shape index (κ3) is 12.7. The first-order valence-corrected chi connectivity index (χ1v) is 21.2. The summed E-state index contributed by atoms with van der Waals surface area (Å²) in [6, 6.07) is 27.3. The minimum Gasteiger partial charge on any atom is -0.748 e. The topological polar surface area (TPSA) is 317 Å². The molecule has 0 unspecified atom stereocenters. The standard InChI is InChI=1S/C42H36ClN13O8S.Na/c1-25(57)46-35-23-26(55(21-10-19-44)20-8-9-22-65(62,63)64)17-18-34(35)52-53-37-30(24-45)36(27-11-2-5-14-31(27)43)54-56(37)42-50-40(47-32-15-6-3-12-28(32)38(58)59)49-41(51-42)48-33-16-7-4-13-29(33)39(60)61;/h2-7,11-18,23H,8-10,20-22H2,1H3,(H,46,57)(H,58,59)(H,60,61)(H,62,63,64)(H2,47,48,49,50,51);/q;+1/p-1. The van der Waals surface area contributed by atoms with E-state index in [0.29, 0.717) is 17.7 Å². The van der Waals surface area contributed by atoms with Crippen molar-refractivity contribution in [3.8, 4) is 29.3 Å². The Balaban J connectivity index is 0.00000817. The first-order chi connectivity index (χ1) is 31.1. The number of nitriles is 2. The van der Waals surface area contributed by atoms with Crippen LogP contribution >= 0.6 is 11.6 Å². The number of unbranched alkanes of at least 4 members (excludes halogenated alkanes) is 1. The first kappa shape index (κ1) is 49.7. The van der Waals surface area contributed by atoms with Gasteiger partial charge < -0.3 is 35.6 Å². The van der Waals surface area contributed by atoms with E-state index in [2.05, 4.69) is 58.4 Å². The summed E-state index contributed by atoms with van der Waals surface area (Å²) in [6.45, 7) is 1.78. The van der Waals surface area contributed by atoms with Crippen LogP contribution in [-0.2, 0) is 14.9 Å². The summed E-state index contributed by atoms with van der Waals surface area (Å²) in [5.74, 6) is -4.59. The molecule has 0 fully saturated rings. The van der Waals surface area contributed by atoms with Gasteiger partial charge in [0.25, 0.3) is 5.95 Å². The first-order valence-electron chi connectivity index (χ1n) is 19.3. The van der Waals surface area contributed by atoms with E-state index in [-0.39, 0.29) is 129 Å². The van der Waals surface area contributed by atoms with E-state index >= 15 is 0 Å². The summed E-state index contributed by atoms with van der Waals surface area (Å²) in [5.41, 5.74) is 0.856. The maximum absolute atomic E-state index is 12.5. The molecule has 0 saturated heterocycles. The van der Waals surface area contributed by atoms with Crippen molar-refractivity contribution in [1.29, 1.82) is 10.5 Å². The van der Waals surface area contributed by atoms with Gasteiger partial charge in [-0.2, -0.15) is 35.3 Å². The van der Waals surface area contributed by atoms with E-state index in [9.17, 15) is 48.1 Å². The van der Waals surface area contributed by atoms with Crippen LogP contribution in [0.2, 0.25) is 5.02 Å². The fourth-order valence-corrected chi connectivity index (χ4v) is 7.07. The molecule has 0 spiro atoms. The SMILES string of the molecule is CC(=O)Nc1cc(N(CCC#N)CCCCS(=O)(=O)[O-])ccc1N=Nc1c(C#N)c(-c2ccccc2Cl)nn1-c1nc(Nc2ccccc2C(=O)O)nc(Nc2ccccc2C(=O)O)n1.[Na+]. The Morgan fingerprint density at radius 1 is 0.833 bits per heavy atom. The number of carboxylic acid groups (broad SMARTS) is 2. The molecule has 2 heterocycles. The molecule has 6 aromatic rings. The zero-order chi connectivity index (χ0) is 46.7. The van der Waals surface area contributed by atoms with E-state index < -0.39 is 33.7 Å². The van der Waals surface area contributed by atoms with Gasteiger partial charge in [0, 0.05) is 37.0 Å². The van der Waals surface area contributed by atoms with E-state index in [4.69, 9.17) is 11.6 Å². The normalized spacial score (nSPS) is 10.9. The Morgan fingerprint density at radius 3 is 2.00 bits per heavy atom. The Kier molecular flexibility index (Phi) is 17.0. The van der Waals surface area contributed by atoms with Crippen LogP contribution in [0.25, 0.3) is 17.2 Å². The number of para-hydroxylation sites is 2. The number of aromatic carboxylic acids is 2. The number of amides is 1. The number of nitrogens with zero attached hydrogens (tertiary/aromatic N) is 10. The molecule has 66 heavy (non-hydrogen) atoms. The molecular weight excluding hydrogens is 905 g/mol. The Bertz CT molecular complexity index is 2950. The van der Waals surface area contributed by atoms with Gasteiger partial charge in [0.1, 0.15) is 23.0 Å². The monoisotopic (exact) mass is 939 g/mol. The maximum atomic E-state index is 12.5. The van der Waals surface area contributed by atoms with Crippen LogP contribution in [0.5, 0.6) is 0 Å². The molecule has 0 saturated carbocycles. The van der Waals surface area contributed by atoms with Crippen LogP contribution in [0.15, 0.2) is 101 Å². The van der Waals surface area contributed by atoms with E-state index in [0.717, 1.165) is 4.68 Å². The number of anilines is 6. The molecular formula is C42H35ClN13NaO8S. The van der Waals surface area contributed by atoms with Crippen molar-refractivity contribution in [3.05, 3.63) is 113 Å². The number of carboxylic acids is 2. The molecule has 0 atom stereocenters. The van der Waals surface area contributed by atoms with Crippen molar-refractivity contribution in [2.24, 2.45) is 10.2 Å². The molecule has 0 aliphatic carbocycles. The van der Waals surface area contributed by atoms with Gasteiger partial charge in [0.15, 0.2) is 5.82 Å². The van der Waals surface area contributed by atoms with Gasteiger partial charge in [-0.3, -0.25) is 4.79 Å². The fourth-order valence-electron chi connectivity index (χ4n) is 6.29. The molecule has 0 radical (unpaired) electrons. The van der Waals surface area contributed by atoms with Gasteiger partial charge in [-0.25, -0.2) is 18.0 Å². The van der Waals surface area contributed by atoms with Gasteiger partial charge in [-0.05, 0) is 61.4 Å². The van der Waals surface area contributed by atoms with Crippen LogP contribution in [-0.4, -0.2) is 84.6 Å². The van der Waals surface area contributed by atoms with Crippen LogP contribution in [0, 0.1) is 22.7 Å². The minimum atomic E-state index is -4.42. The summed E-state index contributed by atoms with van der Waals surface area (Å²) in [7, 11) is -4.42. The number of azo groups is 1. The average molecular weight is 940 g/mol. The van der Waals surface area contributed by atoms with Crippen molar-refractivity contribution in [2.75, 3.05) is 39.7 Å². The smallest absolute Gasteiger partial charge is 0.748 e. The number of hydrogen-bond acceptors (Lipinski definition) is 17. The number of benzene rings is 4. The van der Waals surface area contributed by atoms with Crippen LogP contribution in [0.4, 0.5) is 46.2 Å². The van der Waals surface area contributed by atoms with Crippen LogP contribution in [0.1, 0.15) is 52.5 Å². The minimum absolute atomic E-state index is 0. The van der Waals surface area contributed by atoms with Gasteiger partial charge >= 0.3 is 41.5 Å². The molecule has 0 bridgehead atoms. The summed E-state index contributed by atoms with van der Waals surface area (Å²) in [4.78, 5) is 52.0. The van der Waals surface area contributed by atoms with Crippen molar-refractivity contribution in [3.63, 3.8) is 0 Å². The van der Waals surface area contributed by atoms with Gasteiger partial charge in [-0.1, -0.05) is 54.1 Å². The molecule has 6 rings (SSSR count). The maximum Gasteiger partial charge on any atom is 1.00 e. The predicted octanol–water partition coefficient (Wildman–Crippen LogP) is 4.56. The second kappa shape index (κ2) is 22.5. The molecule has 2 aromatic heterocycles. The zero-order valence-electron chi connectivity index (χ0n) is 35.0. The summed E-state index contributed by atoms with van der Waals surface area (Å²) >= 11 is 6.61. The van der Waals surface area contributed by atoms with Crippen molar-refractivity contribution < 1.29 is 67.1 Å². The summed E-state index contributed by atoms with van der Waals surface area (Å²) in [5, 5.41) is 62.0. The Hall–Kier alpha value is -7.31. The quantitative estimate of drug-likeness (QED) is 0.0322. The largest absolute Gasteiger partial charge is 1.00 e. The van der Waals surface area contributed by atoms with E-state index in [1.54, 1.807) is 53.4 Å². The van der Waals surface area contributed by atoms with Gasteiger partial charge in [-0.15, -0.1) is 10.2 Å². The molecule has 4 aromatic carbocycles. The number of halogens is 1. The Morgan fingerprint density at radius 2 is 1.44 bits per heavy atom. The number of carbonyl (C=O) groups is 3.